The fourth-order valence-electron chi connectivity index (χ4n) is 3.07. The Morgan fingerprint density at radius 1 is 1.30 bits per heavy atom. The number of aromatic nitrogens is 2. The SMILES string of the molecule is CC(=O)Nc1ccc(S(=O)(=O)N2CCCC(Oc3ncccn3)C2)c(C)c1. The summed E-state index contributed by atoms with van der Waals surface area (Å²) < 4.78 is 33.4. The van der Waals surface area contributed by atoms with E-state index in [9.17, 15) is 13.2 Å². The standard InChI is InChI=1S/C18H22N4O4S/c1-13-11-15(21-14(2)23)6-7-17(13)27(24,25)22-10-3-5-16(12-22)26-18-19-8-4-9-20-18/h4,6-9,11,16H,3,5,10,12H2,1-2H3,(H,21,23). The lowest BCUT2D eigenvalue weighted by molar-refractivity contribution is -0.114. The largest absolute Gasteiger partial charge is 0.459 e. The number of sulfonamides is 1. The van der Waals surface area contributed by atoms with Gasteiger partial charge in [-0.3, -0.25) is 4.79 Å². The maximum Gasteiger partial charge on any atom is 0.316 e. The van der Waals surface area contributed by atoms with Crippen LogP contribution in [0.5, 0.6) is 6.01 Å². The van der Waals surface area contributed by atoms with Crippen molar-refractivity contribution in [1.82, 2.24) is 14.3 Å². The number of anilines is 1. The molecule has 3 rings (SSSR count). The van der Waals surface area contributed by atoms with E-state index in [4.69, 9.17) is 4.74 Å². The summed E-state index contributed by atoms with van der Waals surface area (Å²) in [5, 5.41) is 2.66. The predicted octanol–water partition coefficient (Wildman–Crippen LogP) is 1.98. The number of piperidine rings is 1. The van der Waals surface area contributed by atoms with Crippen LogP contribution in [0.3, 0.4) is 0 Å². The zero-order valence-corrected chi connectivity index (χ0v) is 16.1. The molecule has 1 unspecified atom stereocenters. The van der Waals surface area contributed by atoms with Crippen LogP contribution in [0.4, 0.5) is 5.69 Å². The molecule has 0 spiro atoms. The number of nitrogens with one attached hydrogen (secondary N) is 1. The van der Waals surface area contributed by atoms with Crippen LogP contribution in [0.15, 0.2) is 41.6 Å². The van der Waals surface area contributed by atoms with Crippen LogP contribution in [0.1, 0.15) is 25.3 Å². The Balaban J connectivity index is 1.77. The van der Waals surface area contributed by atoms with Gasteiger partial charge < -0.3 is 10.1 Å². The van der Waals surface area contributed by atoms with Crippen LogP contribution in [0.25, 0.3) is 0 Å². The van der Waals surface area contributed by atoms with Crippen LogP contribution in [-0.4, -0.2) is 47.8 Å². The third-order valence-electron chi connectivity index (χ3n) is 4.27. The summed E-state index contributed by atoms with van der Waals surface area (Å²) in [6.07, 6.45) is 4.30. The lowest BCUT2D eigenvalue weighted by atomic mass is 10.1. The van der Waals surface area contributed by atoms with Gasteiger partial charge in [-0.05, 0) is 49.6 Å². The average molecular weight is 390 g/mol. The second-order valence-corrected chi connectivity index (χ2v) is 8.34. The lowest BCUT2D eigenvalue weighted by Crippen LogP contribution is -2.44. The maximum atomic E-state index is 13.1. The van der Waals surface area contributed by atoms with Gasteiger partial charge >= 0.3 is 6.01 Å². The van der Waals surface area contributed by atoms with E-state index in [1.54, 1.807) is 37.5 Å². The molecule has 27 heavy (non-hydrogen) atoms. The third kappa shape index (κ3) is 4.61. The average Bonchev–Trinajstić information content (AvgIpc) is 2.62. The molecule has 0 radical (unpaired) electrons. The highest BCUT2D eigenvalue weighted by molar-refractivity contribution is 7.89. The number of benzene rings is 1. The molecule has 1 N–H and O–H groups in total. The third-order valence-corrected chi connectivity index (χ3v) is 6.29. The summed E-state index contributed by atoms with van der Waals surface area (Å²) in [7, 11) is -3.66. The first-order valence-corrected chi connectivity index (χ1v) is 10.1. The number of aryl methyl sites for hydroxylation is 1. The molecule has 1 aliphatic rings. The Kier molecular flexibility index (Phi) is 5.71. The van der Waals surface area contributed by atoms with Crippen molar-refractivity contribution in [3.05, 3.63) is 42.2 Å². The van der Waals surface area contributed by atoms with Crippen LogP contribution < -0.4 is 10.1 Å². The minimum absolute atomic E-state index is 0.204. The molecular weight excluding hydrogens is 368 g/mol. The van der Waals surface area contributed by atoms with E-state index >= 15 is 0 Å². The molecule has 144 valence electrons. The molecule has 0 bridgehead atoms. The monoisotopic (exact) mass is 390 g/mol. The molecule has 1 aliphatic heterocycles. The molecule has 0 saturated carbocycles. The quantitative estimate of drug-likeness (QED) is 0.838. The van der Waals surface area contributed by atoms with Gasteiger partial charge in [-0.1, -0.05) is 0 Å². The molecule has 1 amide bonds. The van der Waals surface area contributed by atoms with Crippen molar-refractivity contribution in [2.75, 3.05) is 18.4 Å². The zero-order valence-electron chi connectivity index (χ0n) is 15.3. The first-order chi connectivity index (χ1) is 12.9. The molecule has 2 heterocycles. The lowest BCUT2D eigenvalue weighted by Gasteiger charge is -2.31. The Labute approximate surface area is 158 Å². The van der Waals surface area contributed by atoms with E-state index in [1.165, 1.54) is 17.3 Å². The van der Waals surface area contributed by atoms with Gasteiger partial charge in [0.05, 0.1) is 11.4 Å². The van der Waals surface area contributed by atoms with Gasteiger partial charge in [-0.15, -0.1) is 0 Å². The maximum absolute atomic E-state index is 13.1. The topological polar surface area (TPSA) is 101 Å². The first-order valence-electron chi connectivity index (χ1n) is 8.68. The minimum Gasteiger partial charge on any atom is -0.459 e. The van der Waals surface area contributed by atoms with Crippen molar-refractivity contribution < 1.29 is 17.9 Å². The van der Waals surface area contributed by atoms with Crippen molar-refractivity contribution in [2.45, 2.75) is 37.7 Å². The highest BCUT2D eigenvalue weighted by Gasteiger charge is 2.32. The van der Waals surface area contributed by atoms with Crippen LogP contribution in [-0.2, 0) is 14.8 Å². The highest BCUT2D eigenvalue weighted by Crippen LogP contribution is 2.26. The fraction of sp³-hybridized carbons (Fsp3) is 0.389. The van der Waals surface area contributed by atoms with Gasteiger partial charge in [-0.25, -0.2) is 18.4 Å². The van der Waals surface area contributed by atoms with Crippen molar-refractivity contribution >= 4 is 21.6 Å². The number of carbonyl (C=O) groups excluding carboxylic acids is 1. The molecule has 8 nitrogen and oxygen atoms in total. The van der Waals surface area contributed by atoms with Crippen molar-refractivity contribution in [3.8, 4) is 6.01 Å². The van der Waals surface area contributed by atoms with Crippen LogP contribution in [0, 0.1) is 6.92 Å². The summed E-state index contributed by atoms with van der Waals surface area (Å²) in [5.74, 6) is -0.204. The number of rotatable bonds is 5. The van der Waals surface area contributed by atoms with Crippen LogP contribution in [0.2, 0.25) is 0 Å². The highest BCUT2D eigenvalue weighted by atomic mass is 32.2. The molecule has 1 saturated heterocycles. The van der Waals surface area contributed by atoms with E-state index < -0.39 is 10.0 Å². The second-order valence-electron chi connectivity index (χ2n) is 6.44. The van der Waals surface area contributed by atoms with Gasteiger partial charge in [0.2, 0.25) is 15.9 Å². The molecule has 1 aromatic carbocycles. The molecule has 2 aromatic rings. The van der Waals surface area contributed by atoms with Gasteiger partial charge in [0.15, 0.2) is 0 Å². The molecule has 9 heteroatoms. The molecule has 1 aromatic heterocycles. The summed E-state index contributed by atoms with van der Waals surface area (Å²) in [5.41, 5.74) is 1.15. The molecular formula is C18H22N4O4S. The number of ether oxygens (including phenoxy) is 1. The second kappa shape index (κ2) is 8.01. The van der Waals surface area contributed by atoms with Gasteiger partial charge in [0.25, 0.3) is 0 Å². The Morgan fingerprint density at radius 2 is 2.04 bits per heavy atom. The number of hydrogen-bond acceptors (Lipinski definition) is 6. The summed E-state index contributed by atoms with van der Waals surface area (Å²) in [4.78, 5) is 19.5. The zero-order chi connectivity index (χ0) is 19.4. The fourth-order valence-corrected chi connectivity index (χ4v) is 4.79. The van der Waals surface area contributed by atoms with E-state index in [2.05, 4.69) is 15.3 Å². The summed E-state index contributed by atoms with van der Waals surface area (Å²) in [6.45, 7) is 3.80. The predicted molar refractivity (Wildman–Crippen MR) is 99.9 cm³/mol. The Bertz CT molecular complexity index is 918. The normalized spacial score (nSPS) is 18.1. The van der Waals surface area contributed by atoms with Gasteiger partial charge in [0, 0.05) is 31.5 Å². The summed E-state index contributed by atoms with van der Waals surface area (Å²) in [6, 6.07) is 6.72. The van der Waals surface area contributed by atoms with Gasteiger partial charge in [-0.2, -0.15) is 4.31 Å². The molecule has 0 aliphatic carbocycles. The summed E-state index contributed by atoms with van der Waals surface area (Å²) >= 11 is 0. The number of carbonyl (C=O) groups is 1. The Morgan fingerprint density at radius 3 is 2.70 bits per heavy atom. The van der Waals surface area contributed by atoms with E-state index in [0.717, 1.165) is 6.42 Å². The number of hydrogen-bond donors (Lipinski definition) is 1. The van der Waals surface area contributed by atoms with Crippen molar-refractivity contribution in [3.63, 3.8) is 0 Å². The number of amides is 1. The Hall–Kier alpha value is -2.52. The van der Waals surface area contributed by atoms with Crippen LogP contribution >= 0.6 is 0 Å². The minimum atomic E-state index is -3.66. The smallest absolute Gasteiger partial charge is 0.316 e. The molecule has 1 atom stereocenters. The van der Waals surface area contributed by atoms with E-state index in [1.807, 2.05) is 0 Å². The van der Waals surface area contributed by atoms with Crippen molar-refractivity contribution in [2.24, 2.45) is 0 Å². The van der Waals surface area contributed by atoms with Crippen molar-refractivity contribution in [1.29, 1.82) is 0 Å². The van der Waals surface area contributed by atoms with Gasteiger partial charge in [0.1, 0.15) is 6.10 Å². The molecule has 1 fully saturated rings. The number of nitrogens with zero attached hydrogens (tertiary/aromatic N) is 3. The van der Waals surface area contributed by atoms with E-state index in [-0.39, 0.29) is 29.5 Å². The first kappa shape index (κ1) is 19.2. The van der Waals surface area contributed by atoms with E-state index in [0.29, 0.717) is 24.2 Å².